The van der Waals surface area contributed by atoms with Gasteiger partial charge in [0, 0.05) is 18.0 Å². The van der Waals surface area contributed by atoms with Gasteiger partial charge in [-0.1, -0.05) is 19.0 Å². The van der Waals surface area contributed by atoms with Crippen molar-refractivity contribution in [3.05, 3.63) is 40.8 Å². The molecule has 116 valence electrons. The number of aryl methyl sites for hydroxylation is 2. The lowest BCUT2D eigenvalue weighted by atomic mass is 10.1. The molecule has 2 aromatic heterocycles. The predicted octanol–water partition coefficient (Wildman–Crippen LogP) is 2.08. The van der Waals surface area contributed by atoms with Gasteiger partial charge in [-0.3, -0.25) is 4.79 Å². The molecule has 0 unspecified atom stereocenters. The van der Waals surface area contributed by atoms with Crippen LogP contribution < -0.4 is 5.32 Å². The topological polar surface area (TPSA) is 80.9 Å². The SMILES string of the molecule is CC(C)Cc1cc(C(=O)NCc2ncc3c(n2)CCC3)on1. The second kappa shape index (κ2) is 6.25. The third-order valence-corrected chi connectivity index (χ3v) is 3.67. The van der Waals surface area contributed by atoms with Gasteiger partial charge in [0.1, 0.15) is 5.82 Å². The zero-order valence-corrected chi connectivity index (χ0v) is 12.9. The molecule has 0 spiro atoms. The molecule has 2 heterocycles. The summed E-state index contributed by atoms with van der Waals surface area (Å²) in [4.78, 5) is 20.8. The number of amides is 1. The van der Waals surface area contributed by atoms with Crippen LogP contribution in [0, 0.1) is 5.92 Å². The first-order valence-corrected chi connectivity index (χ1v) is 7.69. The molecule has 1 aliphatic rings. The first kappa shape index (κ1) is 14.7. The third kappa shape index (κ3) is 3.32. The number of carbonyl (C=O) groups excluding carboxylic acids is 1. The summed E-state index contributed by atoms with van der Waals surface area (Å²) in [6.45, 7) is 4.49. The molecule has 1 aliphatic carbocycles. The number of nitrogens with zero attached hydrogens (tertiary/aromatic N) is 3. The number of rotatable bonds is 5. The molecule has 22 heavy (non-hydrogen) atoms. The number of fused-ring (bicyclic) bond motifs is 1. The highest BCUT2D eigenvalue weighted by Crippen LogP contribution is 2.18. The second-order valence-electron chi connectivity index (χ2n) is 6.07. The van der Waals surface area contributed by atoms with E-state index >= 15 is 0 Å². The highest BCUT2D eigenvalue weighted by molar-refractivity contribution is 5.91. The molecule has 3 rings (SSSR count). The molecule has 0 fully saturated rings. The van der Waals surface area contributed by atoms with Gasteiger partial charge in [-0.25, -0.2) is 9.97 Å². The van der Waals surface area contributed by atoms with Crippen molar-refractivity contribution in [2.45, 2.75) is 46.1 Å². The van der Waals surface area contributed by atoms with E-state index in [0.717, 1.165) is 37.1 Å². The van der Waals surface area contributed by atoms with Crippen molar-refractivity contribution in [2.24, 2.45) is 5.92 Å². The van der Waals surface area contributed by atoms with E-state index in [1.807, 2.05) is 6.20 Å². The predicted molar refractivity (Wildman–Crippen MR) is 80.3 cm³/mol. The fraction of sp³-hybridized carbons (Fsp3) is 0.500. The van der Waals surface area contributed by atoms with Gasteiger partial charge < -0.3 is 9.84 Å². The molecule has 2 aromatic rings. The summed E-state index contributed by atoms with van der Waals surface area (Å²) in [6, 6.07) is 1.69. The van der Waals surface area contributed by atoms with Crippen molar-refractivity contribution in [2.75, 3.05) is 0 Å². The summed E-state index contributed by atoms with van der Waals surface area (Å²) < 4.78 is 5.09. The van der Waals surface area contributed by atoms with E-state index in [2.05, 4.69) is 34.3 Å². The Balaban J connectivity index is 1.59. The van der Waals surface area contributed by atoms with E-state index in [1.54, 1.807) is 6.07 Å². The maximum absolute atomic E-state index is 12.1. The number of aromatic nitrogens is 3. The van der Waals surface area contributed by atoms with E-state index in [1.165, 1.54) is 5.56 Å². The minimum absolute atomic E-state index is 0.233. The van der Waals surface area contributed by atoms with Gasteiger partial charge in [0.15, 0.2) is 0 Å². The first-order chi connectivity index (χ1) is 10.6. The number of hydrogen-bond acceptors (Lipinski definition) is 5. The van der Waals surface area contributed by atoms with Gasteiger partial charge in [0.25, 0.3) is 5.91 Å². The summed E-state index contributed by atoms with van der Waals surface area (Å²) in [5.74, 6) is 1.06. The van der Waals surface area contributed by atoms with Gasteiger partial charge in [-0.15, -0.1) is 0 Å². The monoisotopic (exact) mass is 300 g/mol. The van der Waals surface area contributed by atoms with Gasteiger partial charge in [0.05, 0.1) is 12.2 Å². The Bertz CT molecular complexity index is 679. The Morgan fingerprint density at radius 3 is 3.09 bits per heavy atom. The van der Waals surface area contributed by atoms with Crippen molar-refractivity contribution in [1.82, 2.24) is 20.4 Å². The van der Waals surface area contributed by atoms with Crippen LogP contribution in [0.4, 0.5) is 0 Å². The van der Waals surface area contributed by atoms with Crippen LogP contribution in [0.5, 0.6) is 0 Å². The van der Waals surface area contributed by atoms with Gasteiger partial charge >= 0.3 is 0 Å². The summed E-state index contributed by atoms with van der Waals surface area (Å²) in [6.07, 6.45) is 5.85. The Morgan fingerprint density at radius 2 is 2.27 bits per heavy atom. The van der Waals surface area contributed by atoms with E-state index in [4.69, 9.17) is 4.52 Å². The van der Waals surface area contributed by atoms with Crippen molar-refractivity contribution in [3.63, 3.8) is 0 Å². The van der Waals surface area contributed by atoms with E-state index in [9.17, 15) is 4.79 Å². The minimum Gasteiger partial charge on any atom is -0.351 e. The average Bonchev–Trinajstić information content (AvgIpc) is 3.12. The van der Waals surface area contributed by atoms with E-state index < -0.39 is 0 Å². The molecular formula is C16H20N4O2. The van der Waals surface area contributed by atoms with Crippen LogP contribution in [0.15, 0.2) is 16.8 Å². The third-order valence-electron chi connectivity index (χ3n) is 3.67. The molecule has 0 aliphatic heterocycles. The Labute approximate surface area is 129 Å². The molecule has 0 aromatic carbocycles. The first-order valence-electron chi connectivity index (χ1n) is 7.69. The maximum Gasteiger partial charge on any atom is 0.290 e. The molecular weight excluding hydrogens is 280 g/mol. The van der Waals surface area contributed by atoms with Crippen LogP contribution in [0.2, 0.25) is 0 Å². The molecule has 1 N–H and O–H groups in total. The smallest absolute Gasteiger partial charge is 0.290 e. The molecule has 6 nitrogen and oxygen atoms in total. The average molecular weight is 300 g/mol. The van der Waals surface area contributed by atoms with Crippen molar-refractivity contribution < 1.29 is 9.32 Å². The van der Waals surface area contributed by atoms with E-state index in [-0.39, 0.29) is 11.7 Å². The molecule has 0 bridgehead atoms. The van der Waals surface area contributed by atoms with Crippen LogP contribution in [0.25, 0.3) is 0 Å². The fourth-order valence-electron chi connectivity index (χ4n) is 2.62. The summed E-state index contributed by atoms with van der Waals surface area (Å²) in [7, 11) is 0. The lowest BCUT2D eigenvalue weighted by molar-refractivity contribution is 0.0912. The molecule has 1 amide bonds. The Kier molecular flexibility index (Phi) is 4.18. The van der Waals surface area contributed by atoms with Crippen molar-refractivity contribution in [3.8, 4) is 0 Å². The lowest BCUT2D eigenvalue weighted by Gasteiger charge is -2.04. The zero-order valence-electron chi connectivity index (χ0n) is 12.9. The molecule has 0 atom stereocenters. The Hall–Kier alpha value is -2.24. The van der Waals surface area contributed by atoms with E-state index in [0.29, 0.717) is 18.3 Å². The van der Waals surface area contributed by atoms with Gasteiger partial charge in [-0.05, 0) is 37.2 Å². The van der Waals surface area contributed by atoms with Crippen molar-refractivity contribution >= 4 is 5.91 Å². The maximum atomic E-state index is 12.1. The minimum atomic E-state index is -0.286. The van der Waals surface area contributed by atoms with Crippen LogP contribution in [-0.4, -0.2) is 21.0 Å². The standard InChI is InChI=1S/C16H20N4O2/c1-10(2)6-12-7-14(22-20-12)16(21)18-9-15-17-8-11-4-3-5-13(11)19-15/h7-8,10H,3-6,9H2,1-2H3,(H,18,21). The highest BCUT2D eigenvalue weighted by Gasteiger charge is 2.16. The highest BCUT2D eigenvalue weighted by atomic mass is 16.5. The van der Waals surface area contributed by atoms with Gasteiger partial charge in [-0.2, -0.15) is 0 Å². The normalized spacial score (nSPS) is 13.4. The van der Waals surface area contributed by atoms with Crippen LogP contribution in [0.1, 0.15) is 53.6 Å². The fourth-order valence-corrected chi connectivity index (χ4v) is 2.62. The molecule has 0 radical (unpaired) electrons. The summed E-state index contributed by atoms with van der Waals surface area (Å²) >= 11 is 0. The number of carbonyl (C=O) groups is 1. The van der Waals surface area contributed by atoms with Crippen LogP contribution >= 0.6 is 0 Å². The summed E-state index contributed by atoms with van der Waals surface area (Å²) in [5, 5.41) is 6.69. The van der Waals surface area contributed by atoms with Crippen LogP contribution in [0.3, 0.4) is 0 Å². The molecule has 0 saturated heterocycles. The lowest BCUT2D eigenvalue weighted by Crippen LogP contribution is -2.23. The summed E-state index contributed by atoms with van der Waals surface area (Å²) in [5.41, 5.74) is 3.13. The number of hydrogen-bond donors (Lipinski definition) is 1. The zero-order chi connectivity index (χ0) is 15.5. The van der Waals surface area contributed by atoms with Gasteiger partial charge in [0.2, 0.25) is 5.76 Å². The quantitative estimate of drug-likeness (QED) is 0.914. The second-order valence-corrected chi connectivity index (χ2v) is 6.07. The largest absolute Gasteiger partial charge is 0.351 e. The number of nitrogens with one attached hydrogen (secondary N) is 1. The Morgan fingerprint density at radius 1 is 1.41 bits per heavy atom. The van der Waals surface area contributed by atoms with Crippen LogP contribution in [-0.2, 0) is 25.8 Å². The molecule has 0 saturated carbocycles. The molecule has 6 heteroatoms. The van der Waals surface area contributed by atoms with Crippen molar-refractivity contribution in [1.29, 1.82) is 0 Å².